The molecule has 0 aliphatic carbocycles. The Bertz CT molecular complexity index is 318. The number of hydrogen-bond donors (Lipinski definition) is 1. The molecule has 1 aromatic rings. The number of ether oxygens (including phenoxy) is 1. The number of hydrogen-bond acceptors (Lipinski definition) is 4. The van der Waals surface area contributed by atoms with Gasteiger partial charge in [-0.25, -0.2) is 0 Å². The number of carbonyl (C=O) groups excluding carboxylic acids is 1. The number of nitrogens with zero attached hydrogens (tertiary/aromatic N) is 1. The van der Waals surface area contributed by atoms with Crippen LogP contribution in [0.3, 0.4) is 0 Å². The summed E-state index contributed by atoms with van der Waals surface area (Å²) in [5.74, 6) is -0.331. The Hall–Kier alpha value is -0.650. The second kappa shape index (κ2) is 6.76. The molecule has 0 fully saturated rings. The minimum absolute atomic E-state index is 0. The Morgan fingerprint density at radius 1 is 1.67 bits per heavy atom. The Kier molecular flexibility index (Phi) is 6.47. The SMILES string of the molecule is COC(=O)C[C@@H](N)c1ccc(Br)cn1.Cl. The highest BCUT2D eigenvalue weighted by Gasteiger charge is 2.12. The van der Waals surface area contributed by atoms with Gasteiger partial charge in [-0.2, -0.15) is 0 Å². The van der Waals surface area contributed by atoms with Crippen LogP contribution in [0.15, 0.2) is 22.8 Å². The van der Waals surface area contributed by atoms with Gasteiger partial charge in [0.15, 0.2) is 0 Å². The van der Waals surface area contributed by atoms with Gasteiger partial charge in [-0.05, 0) is 28.1 Å². The van der Waals surface area contributed by atoms with Gasteiger partial charge in [0.2, 0.25) is 0 Å². The molecule has 2 N–H and O–H groups in total. The van der Waals surface area contributed by atoms with Crippen molar-refractivity contribution in [2.45, 2.75) is 12.5 Å². The Morgan fingerprint density at radius 3 is 2.80 bits per heavy atom. The zero-order valence-corrected chi connectivity index (χ0v) is 10.5. The van der Waals surface area contributed by atoms with Crippen LogP contribution in [0.1, 0.15) is 18.2 Å². The molecule has 1 aromatic heterocycles. The lowest BCUT2D eigenvalue weighted by atomic mass is 10.1. The first-order chi connectivity index (χ1) is 6.63. The molecule has 0 saturated heterocycles. The Morgan fingerprint density at radius 2 is 2.33 bits per heavy atom. The molecule has 0 aromatic carbocycles. The monoisotopic (exact) mass is 294 g/mol. The molecule has 6 heteroatoms. The number of pyridine rings is 1. The minimum atomic E-state index is -0.407. The van der Waals surface area contributed by atoms with Crippen molar-refractivity contribution < 1.29 is 9.53 Å². The maximum absolute atomic E-state index is 10.9. The van der Waals surface area contributed by atoms with Crippen molar-refractivity contribution in [2.24, 2.45) is 5.73 Å². The van der Waals surface area contributed by atoms with E-state index in [1.807, 2.05) is 6.07 Å². The molecule has 0 unspecified atom stereocenters. The maximum Gasteiger partial charge on any atom is 0.307 e. The summed E-state index contributed by atoms with van der Waals surface area (Å²) in [7, 11) is 1.34. The largest absolute Gasteiger partial charge is 0.469 e. The fourth-order valence-corrected chi connectivity index (χ4v) is 1.21. The first kappa shape index (κ1) is 14.3. The van der Waals surface area contributed by atoms with Gasteiger partial charge >= 0.3 is 5.97 Å². The third-order valence-electron chi connectivity index (χ3n) is 1.74. The van der Waals surface area contributed by atoms with E-state index in [-0.39, 0.29) is 24.8 Å². The summed E-state index contributed by atoms with van der Waals surface area (Å²) >= 11 is 3.26. The molecule has 0 aliphatic heterocycles. The van der Waals surface area contributed by atoms with E-state index in [2.05, 4.69) is 25.7 Å². The number of aromatic nitrogens is 1. The average molecular weight is 296 g/mol. The third-order valence-corrected chi connectivity index (χ3v) is 2.21. The number of carbonyl (C=O) groups is 1. The summed E-state index contributed by atoms with van der Waals surface area (Å²) in [6.07, 6.45) is 1.79. The van der Waals surface area contributed by atoms with E-state index in [1.54, 1.807) is 12.3 Å². The molecule has 1 rings (SSSR count). The second-order valence-electron chi connectivity index (χ2n) is 2.79. The van der Waals surface area contributed by atoms with E-state index >= 15 is 0 Å². The quantitative estimate of drug-likeness (QED) is 0.864. The lowest BCUT2D eigenvalue weighted by Crippen LogP contribution is -2.17. The highest BCUT2D eigenvalue weighted by molar-refractivity contribution is 9.10. The van der Waals surface area contributed by atoms with Crippen LogP contribution in [-0.4, -0.2) is 18.1 Å². The molecule has 1 heterocycles. The summed E-state index contributed by atoms with van der Waals surface area (Å²) < 4.78 is 5.39. The van der Waals surface area contributed by atoms with Crippen molar-refractivity contribution in [3.63, 3.8) is 0 Å². The van der Waals surface area contributed by atoms with Gasteiger partial charge < -0.3 is 10.5 Å². The van der Waals surface area contributed by atoms with Gasteiger partial charge in [0.05, 0.1) is 25.3 Å². The van der Waals surface area contributed by atoms with E-state index in [1.165, 1.54) is 7.11 Å². The first-order valence-electron chi connectivity index (χ1n) is 4.07. The molecular weight excluding hydrogens is 283 g/mol. The molecule has 0 amide bonds. The van der Waals surface area contributed by atoms with Crippen LogP contribution in [0.2, 0.25) is 0 Å². The van der Waals surface area contributed by atoms with Crippen molar-refractivity contribution in [3.8, 4) is 0 Å². The molecule has 0 radical (unpaired) electrons. The number of rotatable bonds is 3. The topological polar surface area (TPSA) is 65.2 Å². The molecule has 0 spiro atoms. The summed E-state index contributed by atoms with van der Waals surface area (Å²) in [5.41, 5.74) is 6.42. The lowest BCUT2D eigenvalue weighted by molar-refractivity contribution is -0.141. The van der Waals surface area contributed by atoms with Gasteiger partial charge in [0, 0.05) is 10.7 Å². The van der Waals surface area contributed by atoms with Crippen LogP contribution >= 0.6 is 28.3 Å². The smallest absolute Gasteiger partial charge is 0.307 e. The van der Waals surface area contributed by atoms with E-state index in [0.29, 0.717) is 5.69 Å². The van der Waals surface area contributed by atoms with Crippen molar-refractivity contribution in [3.05, 3.63) is 28.5 Å². The van der Waals surface area contributed by atoms with Gasteiger partial charge in [-0.3, -0.25) is 9.78 Å². The summed E-state index contributed by atoms with van der Waals surface area (Å²) in [4.78, 5) is 15.0. The standard InChI is InChI=1S/C9H11BrN2O2.ClH/c1-14-9(13)4-7(11)8-3-2-6(10)5-12-8;/h2-3,5,7H,4,11H2,1H3;1H/t7-;/m1./s1. The van der Waals surface area contributed by atoms with Crippen LogP contribution < -0.4 is 5.73 Å². The zero-order chi connectivity index (χ0) is 10.6. The number of nitrogens with two attached hydrogens (primary N) is 1. The van der Waals surface area contributed by atoms with Gasteiger partial charge in [-0.1, -0.05) is 0 Å². The fraction of sp³-hybridized carbons (Fsp3) is 0.333. The van der Waals surface area contributed by atoms with E-state index < -0.39 is 6.04 Å². The highest BCUT2D eigenvalue weighted by atomic mass is 79.9. The van der Waals surface area contributed by atoms with Crippen LogP contribution in [-0.2, 0) is 9.53 Å². The van der Waals surface area contributed by atoms with Crippen molar-refractivity contribution in [1.29, 1.82) is 0 Å². The predicted molar refractivity (Wildman–Crippen MR) is 62.7 cm³/mol. The molecule has 15 heavy (non-hydrogen) atoms. The highest BCUT2D eigenvalue weighted by Crippen LogP contribution is 2.14. The predicted octanol–water partition coefficient (Wildman–Crippen LogP) is 1.83. The van der Waals surface area contributed by atoms with E-state index in [0.717, 1.165) is 4.47 Å². The summed E-state index contributed by atoms with van der Waals surface area (Å²) in [5, 5.41) is 0. The molecule has 1 atom stereocenters. The number of halogens is 2. The Labute approximate surface area is 103 Å². The van der Waals surface area contributed by atoms with Crippen LogP contribution in [0.25, 0.3) is 0 Å². The molecule has 4 nitrogen and oxygen atoms in total. The van der Waals surface area contributed by atoms with Gasteiger partial charge in [-0.15, -0.1) is 12.4 Å². The lowest BCUT2D eigenvalue weighted by Gasteiger charge is -2.08. The maximum atomic E-state index is 10.9. The van der Waals surface area contributed by atoms with Crippen molar-refractivity contribution in [1.82, 2.24) is 4.98 Å². The van der Waals surface area contributed by atoms with Crippen LogP contribution in [0.4, 0.5) is 0 Å². The van der Waals surface area contributed by atoms with Gasteiger partial charge in [0.25, 0.3) is 0 Å². The van der Waals surface area contributed by atoms with E-state index in [9.17, 15) is 4.79 Å². The average Bonchev–Trinajstić information content (AvgIpc) is 2.18. The van der Waals surface area contributed by atoms with Gasteiger partial charge in [0.1, 0.15) is 0 Å². The molecule has 0 bridgehead atoms. The minimum Gasteiger partial charge on any atom is -0.469 e. The van der Waals surface area contributed by atoms with Crippen LogP contribution in [0.5, 0.6) is 0 Å². The first-order valence-corrected chi connectivity index (χ1v) is 4.86. The summed E-state index contributed by atoms with van der Waals surface area (Å²) in [6, 6.07) is 3.20. The third kappa shape index (κ3) is 4.59. The molecule has 84 valence electrons. The van der Waals surface area contributed by atoms with E-state index in [4.69, 9.17) is 5.73 Å². The van der Waals surface area contributed by atoms with Crippen molar-refractivity contribution in [2.75, 3.05) is 7.11 Å². The fourth-order valence-electron chi connectivity index (χ4n) is 0.974. The molecular formula is C9H12BrClN2O2. The Balaban J connectivity index is 0.00000196. The van der Waals surface area contributed by atoms with Crippen LogP contribution in [0, 0.1) is 0 Å². The summed E-state index contributed by atoms with van der Waals surface area (Å²) in [6.45, 7) is 0. The normalized spacial score (nSPS) is 11.4. The number of esters is 1. The number of methoxy groups -OCH3 is 1. The zero-order valence-electron chi connectivity index (χ0n) is 8.14. The molecule has 0 aliphatic rings. The van der Waals surface area contributed by atoms with Crippen molar-refractivity contribution >= 4 is 34.3 Å². The molecule has 0 saturated carbocycles. The second-order valence-corrected chi connectivity index (χ2v) is 3.70.